The van der Waals surface area contributed by atoms with Gasteiger partial charge in [0.2, 0.25) is 0 Å². The second-order valence-electron chi connectivity index (χ2n) is 4.63. The van der Waals surface area contributed by atoms with E-state index < -0.39 is 0 Å². The monoisotopic (exact) mass is 279 g/mol. The minimum atomic E-state index is -0.371. The van der Waals surface area contributed by atoms with Gasteiger partial charge in [0.25, 0.3) is 11.8 Å². The summed E-state index contributed by atoms with van der Waals surface area (Å²) < 4.78 is 5.11. The van der Waals surface area contributed by atoms with Crippen LogP contribution in [0.2, 0.25) is 0 Å². The maximum atomic E-state index is 12.1. The molecule has 104 valence electrons. The molecule has 3 rings (SSSR count). The Morgan fingerprint density at radius 1 is 0.762 bits per heavy atom. The minimum absolute atomic E-state index is 0.364. The second kappa shape index (κ2) is 5.25. The first-order valence-corrected chi connectivity index (χ1v) is 6.50. The van der Waals surface area contributed by atoms with E-state index in [9.17, 15) is 9.59 Å². The molecule has 2 aromatic rings. The third kappa shape index (κ3) is 2.31. The van der Waals surface area contributed by atoms with Crippen molar-refractivity contribution in [2.75, 3.05) is 7.11 Å². The Bertz CT molecular complexity index is 730. The molecule has 1 aliphatic rings. The summed E-state index contributed by atoms with van der Waals surface area (Å²) >= 11 is 0. The van der Waals surface area contributed by atoms with E-state index in [2.05, 4.69) is 5.32 Å². The van der Waals surface area contributed by atoms with Crippen LogP contribution < -0.4 is 10.1 Å². The lowest BCUT2D eigenvalue weighted by Gasteiger charge is -2.05. The minimum Gasteiger partial charge on any atom is -0.497 e. The van der Waals surface area contributed by atoms with Gasteiger partial charge in [0.1, 0.15) is 5.75 Å². The lowest BCUT2D eigenvalue weighted by atomic mass is 9.96. The van der Waals surface area contributed by atoms with Crippen molar-refractivity contribution >= 4 is 23.0 Å². The van der Waals surface area contributed by atoms with Crippen molar-refractivity contribution < 1.29 is 14.3 Å². The number of nitrogens with one attached hydrogen (secondary N) is 1. The van der Waals surface area contributed by atoms with Gasteiger partial charge in [-0.2, -0.15) is 0 Å². The lowest BCUT2D eigenvalue weighted by Crippen LogP contribution is -2.22. The third-order valence-electron chi connectivity index (χ3n) is 3.37. The molecule has 0 unspecified atom stereocenters. The normalized spacial score (nSPS) is 14.3. The van der Waals surface area contributed by atoms with Crippen LogP contribution in [0.1, 0.15) is 11.1 Å². The number of methoxy groups -OCH3 is 1. The molecular formula is C17H13NO3. The molecule has 0 spiro atoms. The maximum absolute atomic E-state index is 12.1. The van der Waals surface area contributed by atoms with Gasteiger partial charge in [-0.05, 0) is 23.3 Å². The molecule has 1 N–H and O–H groups in total. The Kier molecular flexibility index (Phi) is 3.28. The van der Waals surface area contributed by atoms with Crippen molar-refractivity contribution in [1.29, 1.82) is 0 Å². The summed E-state index contributed by atoms with van der Waals surface area (Å²) in [6.07, 6.45) is 0. The average molecular weight is 279 g/mol. The highest BCUT2D eigenvalue weighted by Gasteiger charge is 2.31. The van der Waals surface area contributed by atoms with Crippen molar-refractivity contribution in [3.05, 3.63) is 65.7 Å². The smallest absolute Gasteiger partial charge is 0.259 e. The van der Waals surface area contributed by atoms with E-state index in [0.717, 1.165) is 5.56 Å². The van der Waals surface area contributed by atoms with Crippen LogP contribution in [-0.4, -0.2) is 18.9 Å². The highest BCUT2D eigenvalue weighted by atomic mass is 16.5. The molecule has 21 heavy (non-hydrogen) atoms. The molecule has 0 aliphatic carbocycles. The highest BCUT2D eigenvalue weighted by Crippen LogP contribution is 2.31. The van der Waals surface area contributed by atoms with Gasteiger partial charge in [0.05, 0.1) is 18.3 Å². The molecule has 0 saturated carbocycles. The number of imide groups is 1. The van der Waals surface area contributed by atoms with E-state index in [1.165, 1.54) is 0 Å². The van der Waals surface area contributed by atoms with E-state index in [4.69, 9.17) is 4.74 Å². The summed E-state index contributed by atoms with van der Waals surface area (Å²) in [6.45, 7) is 0. The zero-order valence-electron chi connectivity index (χ0n) is 11.4. The fourth-order valence-corrected chi connectivity index (χ4v) is 2.37. The first kappa shape index (κ1) is 13.1. The molecule has 2 amide bonds. The predicted octanol–water partition coefficient (Wildman–Crippen LogP) is 2.26. The summed E-state index contributed by atoms with van der Waals surface area (Å²) in [5, 5.41) is 2.36. The van der Waals surface area contributed by atoms with Crippen molar-refractivity contribution in [3.63, 3.8) is 0 Å². The molecule has 0 fully saturated rings. The number of amides is 2. The standard InChI is InChI=1S/C17H13NO3/c1-21-13-9-7-12(8-10-13)15-14(16(19)18-17(15)20)11-5-3-2-4-6-11/h2-10H,1H3,(H,18,19,20). The molecule has 0 bridgehead atoms. The van der Waals surface area contributed by atoms with Crippen molar-refractivity contribution in [2.45, 2.75) is 0 Å². The first-order valence-electron chi connectivity index (χ1n) is 6.50. The molecule has 4 nitrogen and oxygen atoms in total. The second-order valence-corrected chi connectivity index (χ2v) is 4.63. The van der Waals surface area contributed by atoms with E-state index >= 15 is 0 Å². The summed E-state index contributed by atoms with van der Waals surface area (Å²) in [5.41, 5.74) is 2.23. The summed E-state index contributed by atoms with van der Waals surface area (Å²) in [6, 6.07) is 16.3. The average Bonchev–Trinajstić information content (AvgIpc) is 2.82. The zero-order valence-corrected chi connectivity index (χ0v) is 11.4. The topological polar surface area (TPSA) is 55.4 Å². The number of hydrogen-bond donors (Lipinski definition) is 1. The predicted molar refractivity (Wildman–Crippen MR) is 79.4 cm³/mol. The van der Waals surface area contributed by atoms with Gasteiger partial charge in [-0.3, -0.25) is 14.9 Å². The summed E-state index contributed by atoms with van der Waals surface area (Å²) in [4.78, 5) is 24.2. The largest absolute Gasteiger partial charge is 0.497 e. The number of rotatable bonds is 3. The zero-order chi connectivity index (χ0) is 14.8. The Hall–Kier alpha value is -2.88. The van der Waals surface area contributed by atoms with Crippen LogP contribution in [-0.2, 0) is 9.59 Å². The number of benzene rings is 2. The van der Waals surface area contributed by atoms with E-state index in [1.54, 1.807) is 31.4 Å². The number of carbonyl (C=O) groups is 2. The number of hydrogen-bond acceptors (Lipinski definition) is 3. The molecule has 0 saturated heterocycles. The number of carbonyl (C=O) groups excluding carboxylic acids is 2. The maximum Gasteiger partial charge on any atom is 0.259 e. The Balaban J connectivity index is 2.16. The van der Waals surface area contributed by atoms with Crippen molar-refractivity contribution in [3.8, 4) is 5.75 Å². The van der Waals surface area contributed by atoms with Crippen LogP contribution in [0.25, 0.3) is 11.1 Å². The molecular weight excluding hydrogens is 266 g/mol. The molecule has 0 aromatic heterocycles. The first-order chi connectivity index (χ1) is 10.2. The van der Waals surface area contributed by atoms with E-state index in [0.29, 0.717) is 22.5 Å². The van der Waals surface area contributed by atoms with Gasteiger partial charge in [-0.25, -0.2) is 0 Å². The van der Waals surface area contributed by atoms with Gasteiger partial charge >= 0.3 is 0 Å². The molecule has 0 radical (unpaired) electrons. The van der Waals surface area contributed by atoms with Crippen LogP contribution in [0.3, 0.4) is 0 Å². The third-order valence-corrected chi connectivity index (χ3v) is 3.37. The van der Waals surface area contributed by atoms with Crippen molar-refractivity contribution in [1.82, 2.24) is 5.32 Å². The number of ether oxygens (including phenoxy) is 1. The Labute approximate surface area is 122 Å². The fraction of sp³-hybridized carbons (Fsp3) is 0.0588. The SMILES string of the molecule is COc1ccc(C2=C(c3ccccc3)C(=O)NC2=O)cc1. The fourth-order valence-electron chi connectivity index (χ4n) is 2.37. The van der Waals surface area contributed by atoms with Crippen molar-refractivity contribution in [2.24, 2.45) is 0 Å². The van der Waals surface area contributed by atoms with Crippen LogP contribution in [0.4, 0.5) is 0 Å². The molecule has 0 atom stereocenters. The molecule has 4 heteroatoms. The Morgan fingerprint density at radius 3 is 1.81 bits per heavy atom. The van der Waals surface area contributed by atoms with Crippen LogP contribution >= 0.6 is 0 Å². The highest BCUT2D eigenvalue weighted by molar-refractivity contribution is 6.49. The van der Waals surface area contributed by atoms with Gasteiger partial charge < -0.3 is 4.74 Å². The van der Waals surface area contributed by atoms with Crippen LogP contribution in [0.5, 0.6) is 5.75 Å². The van der Waals surface area contributed by atoms with Crippen LogP contribution in [0, 0.1) is 0 Å². The van der Waals surface area contributed by atoms with E-state index in [1.807, 2.05) is 30.3 Å². The van der Waals surface area contributed by atoms with Crippen LogP contribution in [0.15, 0.2) is 54.6 Å². The lowest BCUT2D eigenvalue weighted by molar-refractivity contribution is -0.122. The molecule has 2 aromatic carbocycles. The molecule has 1 aliphatic heterocycles. The van der Waals surface area contributed by atoms with Gasteiger partial charge in [-0.15, -0.1) is 0 Å². The summed E-state index contributed by atoms with van der Waals surface area (Å²) in [5.74, 6) is -0.0358. The van der Waals surface area contributed by atoms with Gasteiger partial charge in [-0.1, -0.05) is 42.5 Å². The Morgan fingerprint density at radius 2 is 1.29 bits per heavy atom. The van der Waals surface area contributed by atoms with Gasteiger partial charge in [0, 0.05) is 0 Å². The molecule has 1 heterocycles. The summed E-state index contributed by atoms with van der Waals surface area (Å²) in [7, 11) is 1.58. The van der Waals surface area contributed by atoms with Gasteiger partial charge in [0.15, 0.2) is 0 Å². The quantitative estimate of drug-likeness (QED) is 0.877. The van der Waals surface area contributed by atoms with E-state index in [-0.39, 0.29) is 11.8 Å².